The highest BCUT2D eigenvalue weighted by atomic mass is 127. The van der Waals surface area contributed by atoms with Crippen LogP contribution < -0.4 is 11.2 Å². The van der Waals surface area contributed by atoms with Crippen molar-refractivity contribution >= 4 is 22.6 Å². The van der Waals surface area contributed by atoms with Crippen LogP contribution in [0.25, 0.3) is 5.69 Å². The second-order valence-electron chi connectivity index (χ2n) is 3.52. The summed E-state index contributed by atoms with van der Waals surface area (Å²) in [5.41, 5.74) is -0.607. The monoisotopic (exact) mass is 344 g/mol. The van der Waals surface area contributed by atoms with Crippen molar-refractivity contribution in [3.05, 3.63) is 54.2 Å². The molecule has 88 valence electrons. The molecule has 17 heavy (non-hydrogen) atoms. The Bertz CT molecular complexity index is 671. The van der Waals surface area contributed by atoms with E-state index in [-0.39, 0.29) is 11.4 Å². The molecule has 0 aliphatic rings. The van der Waals surface area contributed by atoms with E-state index in [0.29, 0.717) is 5.69 Å². The van der Waals surface area contributed by atoms with E-state index in [1.165, 1.54) is 6.92 Å². The van der Waals surface area contributed by atoms with E-state index in [1.54, 1.807) is 12.1 Å². The lowest BCUT2D eigenvalue weighted by atomic mass is 10.3. The zero-order chi connectivity index (χ0) is 12.6. The molecular weight excluding hydrogens is 335 g/mol. The highest BCUT2D eigenvalue weighted by Gasteiger charge is 2.11. The molecule has 0 amide bonds. The minimum absolute atomic E-state index is 0.114. The Labute approximate surface area is 110 Å². The molecule has 0 atom stereocenters. The van der Waals surface area contributed by atoms with Gasteiger partial charge in [-0.05, 0) is 53.8 Å². The Morgan fingerprint density at radius 3 is 2.41 bits per heavy atom. The predicted molar refractivity (Wildman–Crippen MR) is 71.8 cm³/mol. The maximum absolute atomic E-state index is 11.6. The van der Waals surface area contributed by atoms with Crippen molar-refractivity contribution in [3.8, 4) is 11.6 Å². The minimum atomic E-state index is -0.653. The summed E-state index contributed by atoms with van der Waals surface area (Å²) in [5.74, 6) is -0.333. The minimum Gasteiger partial charge on any atom is -0.494 e. The van der Waals surface area contributed by atoms with Crippen molar-refractivity contribution in [2.45, 2.75) is 6.92 Å². The molecule has 0 saturated carbocycles. The highest BCUT2D eigenvalue weighted by Crippen LogP contribution is 2.16. The van der Waals surface area contributed by atoms with E-state index in [0.717, 1.165) is 8.14 Å². The average molecular weight is 344 g/mol. The molecule has 0 saturated heterocycles. The van der Waals surface area contributed by atoms with E-state index in [2.05, 4.69) is 27.6 Å². The number of nitrogens with zero attached hydrogens (tertiary/aromatic N) is 1. The Kier molecular flexibility index (Phi) is 3.05. The standard InChI is InChI=1S/C11H9IN2O3/c1-6-9(15)13-11(17)14(10(6)16)8-4-2-7(12)3-5-8/h2-5,16H,1H3,(H,13,15,17). The molecule has 0 radical (unpaired) electrons. The van der Waals surface area contributed by atoms with Crippen LogP contribution in [0.2, 0.25) is 0 Å². The van der Waals surface area contributed by atoms with Gasteiger partial charge >= 0.3 is 5.69 Å². The van der Waals surface area contributed by atoms with Gasteiger partial charge in [0.05, 0.1) is 11.3 Å². The molecule has 0 aliphatic carbocycles. The number of rotatable bonds is 1. The first kappa shape index (κ1) is 11.9. The largest absolute Gasteiger partial charge is 0.494 e. The number of benzene rings is 1. The van der Waals surface area contributed by atoms with E-state index in [9.17, 15) is 14.7 Å². The van der Waals surface area contributed by atoms with Gasteiger partial charge < -0.3 is 5.11 Å². The second kappa shape index (κ2) is 4.36. The summed E-state index contributed by atoms with van der Waals surface area (Å²) >= 11 is 2.14. The van der Waals surface area contributed by atoms with Crippen molar-refractivity contribution in [2.24, 2.45) is 0 Å². The molecule has 2 rings (SSSR count). The maximum Gasteiger partial charge on any atom is 0.335 e. The van der Waals surface area contributed by atoms with E-state index < -0.39 is 11.2 Å². The van der Waals surface area contributed by atoms with Gasteiger partial charge in [0.1, 0.15) is 0 Å². The van der Waals surface area contributed by atoms with Gasteiger partial charge in [-0.15, -0.1) is 0 Å². The normalized spacial score (nSPS) is 10.5. The van der Waals surface area contributed by atoms with Crippen LogP contribution in [0.5, 0.6) is 5.88 Å². The molecule has 0 fully saturated rings. The molecule has 0 bridgehead atoms. The number of halogens is 1. The number of hydrogen-bond acceptors (Lipinski definition) is 3. The first-order valence-electron chi connectivity index (χ1n) is 4.81. The fourth-order valence-corrected chi connectivity index (χ4v) is 1.80. The fourth-order valence-electron chi connectivity index (χ4n) is 1.44. The van der Waals surface area contributed by atoms with Gasteiger partial charge in [0, 0.05) is 3.57 Å². The van der Waals surface area contributed by atoms with Crippen LogP contribution in [0.15, 0.2) is 33.9 Å². The number of aromatic amines is 1. The van der Waals surface area contributed by atoms with Gasteiger partial charge in [0.2, 0.25) is 5.88 Å². The molecule has 2 N–H and O–H groups in total. The van der Waals surface area contributed by atoms with Gasteiger partial charge in [-0.1, -0.05) is 0 Å². The third kappa shape index (κ3) is 2.12. The lowest BCUT2D eigenvalue weighted by Gasteiger charge is -2.09. The highest BCUT2D eigenvalue weighted by molar-refractivity contribution is 14.1. The molecule has 0 unspecified atom stereocenters. The van der Waals surface area contributed by atoms with Crippen LogP contribution in [0.1, 0.15) is 5.56 Å². The van der Waals surface area contributed by atoms with Crippen LogP contribution in [-0.2, 0) is 0 Å². The number of nitrogens with one attached hydrogen (secondary N) is 1. The van der Waals surface area contributed by atoms with Gasteiger partial charge in [-0.3, -0.25) is 9.78 Å². The van der Waals surface area contributed by atoms with Crippen LogP contribution in [-0.4, -0.2) is 14.7 Å². The number of H-pyrrole nitrogens is 1. The zero-order valence-corrected chi connectivity index (χ0v) is 11.1. The lowest BCUT2D eigenvalue weighted by Crippen LogP contribution is -2.30. The molecular formula is C11H9IN2O3. The topological polar surface area (TPSA) is 75.1 Å². The molecule has 1 heterocycles. The summed E-state index contributed by atoms with van der Waals surface area (Å²) in [7, 11) is 0. The maximum atomic E-state index is 11.6. The summed E-state index contributed by atoms with van der Waals surface area (Å²) in [5, 5.41) is 9.82. The van der Waals surface area contributed by atoms with Crippen LogP contribution in [0, 0.1) is 10.5 Å². The third-order valence-electron chi connectivity index (χ3n) is 2.40. The quantitative estimate of drug-likeness (QED) is 0.762. The van der Waals surface area contributed by atoms with E-state index >= 15 is 0 Å². The van der Waals surface area contributed by atoms with Crippen LogP contribution >= 0.6 is 22.6 Å². The lowest BCUT2D eigenvalue weighted by molar-refractivity contribution is 0.426. The molecule has 2 aromatic rings. The van der Waals surface area contributed by atoms with Gasteiger partial charge in [0.25, 0.3) is 5.56 Å². The van der Waals surface area contributed by atoms with Crippen molar-refractivity contribution in [3.63, 3.8) is 0 Å². The Hall–Kier alpha value is -1.57. The smallest absolute Gasteiger partial charge is 0.335 e. The van der Waals surface area contributed by atoms with Gasteiger partial charge in [-0.25, -0.2) is 9.36 Å². The van der Waals surface area contributed by atoms with E-state index in [4.69, 9.17) is 0 Å². The first-order chi connectivity index (χ1) is 8.00. The van der Waals surface area contributed by atoms with Gasteiger partial charge in [-0.2, -0.15) is 0 Å². The third-order valence-corrected chi connectivity index (χ3v) is 3.12. The summed E-state index contributed by atoms with van der Waals surface area (Å²) in [4.78, 5) is 25.1. The Balaban J connectivity index is 2.76. The predicted octanol–water partition coefficient (Wildman–Crippen LogP) is 1.14. The van der Waals surface area contributed by atoms with Crippen molar-refractivity contribution in [1.82, 2.24) is 9.55 Å². The Morgan fingerprint density at radius 2 is 1.82 bits per heavy atom. The summed E-state index contributed by atoms with van der Waals surface area (Å²) < 4.78 is 2.08. The molecule has 1 aromatic heterocycles. The first-order valence-corrected chi connectivity index (χ1v) is 5.89. The summed E-state index contributed by atoms with van der Waals surface area (Å²) in [6, 6.07) is 7.01. The van der Waals surface area contributed by atoms with Gasteiger partial charge in [0.15, 0.2) is 0 Å². The van der Waals surface area contributed by atoms with E-state index in [1.807, 2.05) is 12.1 Å². The average Bonchev–Trinajstić information content (AvgIpc) is 2.29. The Morgan fingerprint density at radius 1 is 1.24 bits per heavy atom. The van der Waals surface area contributed by atoms with Crippen LogP contribution in [0.4, 0.5) is 0 Å². The number of aromatic hydroxyl groups is 1. The molecule has 5 nitrogen and oxygen atoms in total. The molecule has 1 aromatic carbocycles. The number of hydrogen-bond donors (Lipinski definition) is 2. The SMILES string of the molecule is Cc1c(O)n(-c2ccc(I)cc2)c(=O)[nH]c1=O. The van der Waals surface area contributed by atoms with Crippen molar-refractivity contribution < 1.29 is 5.11 Å². The van der Waals surface area contributed by atoms with Crippen molar-refractivity contribution in [2.75, 3.05) is 0 Å². The molecule has 0 spiro atoms. The fraction of sp³-hybridized carbons (Fsp3) is 0.0909. The zero-order valence-electron chi connectivity index (χ0n) is 8.90. The number of aromatic nitrogens is 2. The molecule has 0 aliphatic heterocycles. The van der Waals surface area contributed by atoms with Crippen molar-refractivity contribution in [1.29, 1.82) is 0 Å². The van der Waals surface area contributed by atoms with Crippen LogP contribution in [0.3, 0.4) is 0 Å². The second-order valence-corrected chi connectivity index (χ2v) is 4.77. The molecule has 6 heteroatoms. The summed E-state index contributed by atoms with van der Waals surface area (Å²) in [6.07, 6.45) is 0. The summed E-state index contributed by atoms with van der Waals surface area (Å²) in [6.45, 7) is 1.46.